The van der Waals surface area contributed by atoms with Crippen LogP contribution in [0.4, 0.5) is 4.39 Å². The molecule has 1 N–H and O–H groups in total. The third-order valence-electron chi connectivity index (χ3n) is 2.76. The molecule has 17 heavy (non-hydrogen) atoms. The van der Waals surface area contributed by atoms with Crippen molar-refractivity contribution in [2.24, 2.45) is 0 Å². The lowest BCUT2D eigenvalue weighted by molar-refractivity contribution is -0.122. The van der Waals surface area contributed by atoms with Crippen LogP contribution in [0.15, 0.2) is 24.3 Å². The summed E-state index contributed by atoms with van der Waals surface area (Å²) in [7, 11) is 0. The molecule has 0 aromatic heterocycles. The quantitative estimate of drug-likeness (QED) is 0.835. The lowest BCUT2D eigenvalue weighted by Crippen LogP contribution is -2.41. The first-order valence-corrected chi connectivity index (χ1v) is 6.03. The molecule has 0 aliphatic rings. The maximum absolute atomic E-state index is 13.6. The second-order valence-corrected chi connectivity index (χ2v) is 4.76. The van der Waals surface area contributed by atoms with Crippen LogP contribution in [0.2, 0.25) is 0 Å². The SMILES string of the molecule is CCCCC(=O)NC(C)(C)c1ccccc1F. The van der Waals surface area contributed by atoms with Crippen molar-refractivity contribution >= 4 is 5.91 Å². The minimum Gasteiger partial charge on any atom is -0.347 e. The molecule has 0 radical (unpaired) electrons. The van der Waals surface area contributed by atoms with E-state index >= 15 is 0 Å². The standard InChI is InChI=1S/C14H20FNO/c1-4-5-10-13(17)16-14(2,3)11-8-6-7-9-12(11)15/h6-9H,4-5,10H2,1-3H3,(H,16,17). The number of unbranched alkanes of at least 4 members (excludes halogenated alkanes) is 1. The summed E-state index contributed by atoms with van der Waals surface area (Å²) in [6, 6.07) is 6.54. The molecular weight excluding hydrogens is 217 g/mol. The number of carbonyl (C=O) groups excluding carboxylic acids is 1. The molecular formula is C14H20FNO. The fraction of sp³-hybridized carbons (Fsp3) is 0.500. The molecule has 0 fully saturated rings. The third kappa shape index (κ3) is 3.84. The van der Waals surface area contributed by atoms with Gasteiger partial charge in [-0.05, 0) is 26.3 Å². The lowest BCUT2D eigenvalue weighted by Gasteiger charge is -2.27. The summed E-state index contributed by atoms with van der Waals surface area (Å²) < 4.78 is 13.6. The zero-order chi connectivity index (χ0) is 12.9. The Morgan fingerprint density at radius 1 is 1.35 bits per heavy atom. The van der Waals surface area contributed by atoms with Crippen LogP contribution < -0.4 is 5.32 Å². The van der Waals surface area contributed by atoms with Gasteiger partial charge in [0.1, 0.15) is 5.82 Å². The molecule has 0 aliphatic carbocycles. The average molecular weight is 237 g/mol. The van der Waals surface area contributed by atoms with E-state index in [1.807, 2.05) is 20.8 Å². The molecule has 0 bridgehead atoms. The van der Waals surface area contributed by atoms with Gasteiger partial charge in [0, 0.05) is 12.0 Å². The second kappa shape index (κ2) is 5.80. The highest BCUT2D eigenvalue weighted by atomic mass is 19.1. The number of benzene rings is 1. The van der Waals surface area contributed by atoms with Gasteiger partial charge in [-0.2, -0.15) is 0 Å². The number of amides is 1. The molecule has 0 unspecified atom stereocenters. The number of rotatable bonds is 5. The summed E-state index contributed by atoms with van der Waals surface area (Å²) in [5, 5.41) is 2.87. The Bertz CT molecular complexity index is 388. The third-order valence-corrected chi connectivity index (χ3v) is 2.76. The largest absolute Gasteiger partial charge is 0.347 e. The van der Waals surface area contributed by atoms with Crippen LogP contribution in [-0.2, 0) is 10.3 Å². The monoisotopic (exact) mass is 237 g/mol. The van der Waals surface area contributed by atoms with E-state index in [-0.39, 0.29) is 11.7 Å². The highest BCUT2D eigenvalue weighted by Gasteiger charge is 2.25. The molecule has 1 aromatic rings. The summed E-state index contributed by atoms with van der Waals surface area (Å²) in [6.45, 7) is 5.67. The molecule has 0 saturated heterocycles. The van der Waals surface area contributed by atoms with E-state index in [9.17, 15) is 9.18 Å². The summed E-state index contributed by atoms with van der Waals surface area (Å²) in [5.41, 5.74) is -0.152. The van der Waals surface area contributed by atoms with Crippen LogP contribution in [-0.4, -0.2) is 5.91 Å². The predicted octanol–water partition coefficient (Wildman–Crippen LogP) is 3.37. The fourth-order valence-electron chi connectivity index (χ4n) is 1.78. The molecule has 3 heteroatoms. The number of hydrogen-bond acceptors (Lipinski definition) is 1. The van der Waals surface area contributed by atoms with Crippen molar-refractivity contribution in [2.45, 2.75) is 45.6 Å². The number of carbonyl (C=O) groups is 1. The fourth-order valence-corrected chi connectivity index (χ4v) is 1.78. The topological polar surface area (TPSA) is 29.1 Å². The molecule has 94 valence electrons. The van der Waals surface area contributed by atoms with E-state index in [0.717, 1.165) is 12.8 Å². The van der Waals surface area contributed by atoms with E-state index in [2.05, 4.69) is 5.32 Å². The van der Waals surface area contributed by atoms with Crippen LogP contribution in [0.25, 0.3) is 0 Å². The predicted molar refractivity (Wildman–Crippen MR) is 67.1 cm³/mol. The Hall–Kier alpha value is -1.38. The smallest absolute Gasteiger partial charge is 0.220 e. The Balaban J connectivity index is 2.75. The minimum atomic E-state index is -0.670. The van der Waals surface area contributed by atoms with E-state index in [1.54, 1.807) is 18.2 Å². The summed E-state index contributed by atoms with van der Waals surface area (Å²) in [6.07, 6.45) is 2.33. The van der Waals surface area contributed by atoms with Gasteiger partial charge in [-0.25, -0.2) is 4.39 Å². The van der Waals surface area contributed by atoms with Crippen molar-refractivity contribution < 1.29 is 9.18 Å². The molecule has 0 saturated carbocycles. The van der Waals surface area contributed by atoms with Crippen molar-refractivity contribution in [2.75, 3.05) is 0 Å². The number of halogens is 1. The molecule has 0 atom stereocenters. The molecule has 1 amide bonds. The normalized spacial score (nSPS) is 11.3. The highest BCUT2D eigenvalue weighted by molar-refractivity contribution is 5.76. The van der Waals surface area contributed by atoms with E-state index in [1.165, 1.54) is 6.07 Å². The molecule has 0 spiro atoms. The number of nitrogens with one attached hydrogen (secondary N) is 1. The van der Waals surface area contributed by atoms with Gasteiger partial charge in [-0.1, -0.05) is 31.5 Å². The molecule has 2 nitrogen and oxygen atoms in total. The molecule has 1 rings (SSSR count). The first kappa shape index (κ1) is 13.7. The van der Waals surface area contributed by atoms with E-state index < -0.39 is 5.54 Å². The van der Waals surface area contributed by atoms with Crippen molar-refractivity contribution in [3.05, 3.63) is 35.6 Å². The highest BCUT2D eigenvalue weighted by Crippen LogP contribution is 2.22. The van der Waals surface area contributed by atoms with Crippen LogP contribution in [0.5, 0.6) is 0 Å². The van der Waals surface area contributed by atoms with Crippen LogP contribution >= 0.6 is 0 Å². The zero-order valence-electron chi connectivity index (χ0n) is 10.7. The Kier molecular flexibility index (Phi) is 4.67. The van der Waals surface area contributed by atoms with Gasteiger partial charge in [0.25, 0.3) is 0 Å². The van der Waals surface area contributed by atoms with Crippen molar-refractivity contribution in [3.8, 4) is 0 Å². The zero-order valence-corrected chi connectivity index (χ0v) is 10.7. The molecule has 0 heterocycles. The maximum atomic E-state index is 13.6. The van der Waals surface area contributed by atoms with Crippen LogP contribution in [0, 0.1) is 5.82 Å². The lowest BCUT2D eigenvalue weighted by atomic mass is 9.93. The van der Waals surface area contributed by atoms with Gasteiger partial charge < -0.3 is 5.32 Å². The van der Waals surface area contributed by atoms with E-state index in [0.29, 0.717) is 12.0 Å². The Morgan fingerprint density at radius 2 is 2.00 bits per heavy atom. The van der Waals surface area contributed by atoms with Crippen LogP contribution in [0.3, 0.4) is 0 Å². The summed E-state index contributed by atoms with van der Waals surface area (Å²) in [5.74, 6) is -0.312. The van der Waals surface area contributed by atoms with Gasteiger partial charge in [0.05, 0.1) is 5.54 Å². The van der Waals surface area contributed by atoms with Gasteiger partial charge in [0.15, 0.2) is 0 Å². The van der Waals surface area contributed by atoms with Crippen molar-refractivity contribution in [3.63, 3.8) is 0 Å². The van der Waals surface area contributed by atoms with E-state index in [4.69, 9.17) is 0 Å². The van der Waals surface area contributed by atoms with Gasteiger partial charge in [-0.15, -0.1) is 0 Å². The molecule has 1 aromatic carbocycles. The van der Waals surface area contributed by atoms with Crippen molar-refractivity contribution in [1.82, 2.24) is 5.32 Å². The minimum absolute atomic E-state index is 0.0277. The Morgan fingerprint density at radius 3 is 2.59 bits per heavy atom. The maximum Gasteiger partial charge on any atom is 0.220 e. The van der Waals surface area contributed by atoms with Gasteiger partial charge in [0.2, 0.25) is 5.91 Å². The van der Waals surface area contributed by atoms with Gasteiger partial charge >= 0.3 is 0 Å². The number of hydrogen-bond donors (Lipinski definition) is 1. The summed E-state index contributed by atoms with van der Waals surface area (Å²) >= 11 is 0. The first-order valence-electron chi connectivity index (χ1n) is 6.03. The summed E-state index contributed by atoms with van der Waals surface area (Å²) in [4.78, 5) is 11.7. The Labute approximate surface area is 102 Å². The first-order chi connectivity index (χ1) is 7.97. The van der Waals surface area contributed by atoms with Gasteiger partial charge in [-0.3, -0.25) is 4.79 Å². The molecule has 0 aliphatic heterocycles. The second-order valence-electron chi connectivity index (χ2n) is 4.76. The van der Waals surface area contributed by atoms with Crippen LogP contribution in [0.1, 0.15) is 45.6 Å². The van der Waals surface area contributed by atoms with Crippen molar-refractivity contribution in [1.29, 1.82) is 0 Å². The average Bonchev–Trinajstić information content (AvgIpc) is 2.26.